The Kier molecular flexibility index (Phi) is 7.86. The number of unbranched alkanes of at least 4 members (excludes halogenated alkanes) is 2. The summed E-state index contributed by atoms with van der Waals surface area (Å²) in [7, 11) is 0. The summed E-state index contributed by atoms with van der Waals surface area (Å²) in [6.07, 6.45) is 10.6. The fraction of sp³-hybridized carbons (Fsp3) is 0.889. The first-order chi connectivity index (χ1) is 11.2. The highest BCUT2D eigenvalue weighted by Crippen LogP contribution is 2.27. The fourth-order valence-corrected chi connectivity index (χ4v) is 3.73. The van der Waals surface area contributed by atoms with Crippen LogP contribution in [-0.2, 0) is 9.59 Å². The summed E-state index contributed by atoms with van der Waals surface area (Å²) in [6.45, 7) is 3.52. The van der Waals surface area contributed by atoms with Gasteiger partial charge in [0.1, 0.15) is 0 Å². The van der Waals surface area contributed by atoms with Gasteiger partial charge in [0.25, 0.3) is 0 Å². The van der Waals surface area contributed by atoms with Gasteiger partial charge in [0.2, 0.25) is 11.8 Å². The van der Waals surface area contributed by atoms with E-state index < -0.39 is 0 Å². The van der Waals surface area contributed by atoms with Crippen molar-refractivity contribution in [3.05, 3.63) is 0 Å². The summed E-state index contributed by atoms with van der Waals surface area (Å²) in [5, 5.41) is 0. The van der Waals surface area contributed by atoms with E-state index in [9.17, 15) is 9.59 Å². The molecular weight excluding hydrogens is 290 g/mol. The molecule has 0 atom stereocenters. The van der Waals surface area contributed by atoms with Crippen LogP contribution in [0.2, 0.25) is 0 Å². The van der Waals surface area contributed by atoms with E-state index in [4.69, 9.17) is 5.73 Å². The lowest BCUT2D eigenvalue weighted by atomic mass is 9.86. The van der Waals surface area contributed by atoms with Gasteiger partial charge in [-0.1, -0.05) is 25.7 Å². The third kappa shape index (κ3) is 6.13. The van der Waals surface area contributed by atoms with Crippen LogP contribution in [0.4, 0.5) is 0 Å². The third-order valence-electron chi connectivity index (χ3n) is 5.27. The van der Waals surface area contributed by atoms with Crippen molar-refractivity contribution in [1.82, 2.24) is 9.80 Å². The van der Waals surface area contributed by atoms with Gasteiger partial charge in [-0.3, -0.25) is 9.59 Å². The average molecular weight is 323 g/mol. The van der Waals surface area contributed by atoms with E-state index in [1.807, 2.05) is 9.80 Å². The van der Waals surface area contributed by atoms with Gasteiger partial charge in [-0.15, -0.1) is 0 Å². The molecule has 0 unspecified atom stereocenters. The van der Waals surface area contributed by atoms with Crippen LogP contribution in [0.5, 0.6) is 0 Å². The Bertz CT molecular complexity index is 372. The van der Waals surface area contributed by atoms with Crippen LogP contribution in [0.15, 0.2) is 0 Å². The second kappa shape index (κ2) is 9.91. The second-order valence-electron chi connectivity index (χ2n) is 7.07. The molecule has 2 aliphatic rings. The SMILES string of the molecule is NCCCCCC(=O)N1CCN(C(=O)CC2CCCCC2)CC1. The zero-order valence-corrected chi connectivity index (χ0v) is 14.5. The highest BCUT2D eigenvalue weighted by Gasteiger charge is 2.26. The molecule has 1 aliphatic carbocycles. The number of hydrogen-bond acceptors (Lipinski definition) is 3. The minimum absolute atomic E-state index is 0.237. The number of nitrogens with zero attached hydrogens (tertiary/aromatic N) is 2. The summed E-state index contributed by atoms with van der Waals surface area (Å²) in [6, 6.07) is 0. The maximum absolute atomic E-state index is 12.4. The smallest absolute Gasteiger partial charge is 0.222 e. The highest BCUT2D eigenvalue weighted by atomic mass is 16.2. The van der Waals surface area contributed by atoms with Crippen molar-refractivity contribution >= 4 is 11.8 Å². The van der Waals surface area contributed by atoms with Gasteiger partial charge in [0, 0.05) is 39.0 Å². The molecule has 0 radical (unpaired) electrons. The van der Waals surface area contributed by atoms with Crippen molar-refractivity contribution in [2.75, 3.05) is 32.7 Å². The molecule has 0 aromatic carbocycles. The van der Waals surface area contributed by atoms with Crippen LogP contribution in [-0.4, -0.2) is 54.3 Å². The number of amides is 2. The van der Waals surface area contributed by atoms with E-state index >= 15 is 0 Å². The number of nitrogens with two attached hydrogens (primary N) is 1. The number of hydrogen-bond donors (Lipinski definition) is 1. The lowest BCUT2D eigenvalue weighted by Crippen LogP contribution is -2.50. The number of rotatable bonds is 7. The van der Waals surface area contributed by atoms with Gasteiger partial charge >= 0.3 is 0 Å². The molecule has 2 fully saturated rings. The van der Waals surface area contributed by atoms with Gasteiger partial charge in [0.15, 0.2) is 0 Å². The molecule has 0 bridgehead atoms. The summed E-state index contributed by atoms with van der Waals surface area (Å²) in [4.78, 5) is 28.4. The first-order valence-electron chi connectivity index (χ1n) is 9.46. The third-order valence-corrected chi connectivity index (χ3v) is 5.27. The van der Waals surface area contributed by atoms with E-state index in [0.717, 1.165) is 19.3 Å². The number of carbonyl (C=O) groups excluding carboxylic acids is 2. The number of carbonyl (C=O) groups is 2. The van der Waals surface area contributed by atoms with Crippen molar-refractivity contribution in [3.8, 4) is 0 Å². The molecule has 0 aromatic heterocycles. The molecule has 23 heavy (non-hydrogen) atoms. The first kappa shape index (κ1) is 18.2. The molecule has 2 rings (SSSR count). The Hall–Kier alpha value is -1.10. The normalized spacial score (nSPS) is 19.9. The molecule has 2 amide bonds. The number of piperazine rings is 1. The second-order valence-corrected chi connectivity index (χ2v) is 7.07. The lowest BCUT2D eigenvalue weighted by Gasteiger charge is -2.36. The quantitative estimate of drug-likeness (QED) is 0.730. The van der Waals surface area contributed by atoms with Crippen LogP contribution in [0.25, 0.3) is 0 Å². The monoisotopic (exact) mass is 323 g/mol. The topological polar surface area (TPSA) is 66.6 Å². The van der Waals surface area contributed by atoms with E-state index in [0.29, 0.717) is 57.4 Å². The molecule has 5 nitrogen and oxygen atoms in total. The predicted octanol–water partition coefficient (Wildman–Crippen LogP) is 2.15. The van der Waals surface area contributed by atoms with E-state index in [2.05, 4.69) is 0 Å². The largest absolute Gasteiger partial charge is 0.339 e. The molecule has 1 saturated heterocycles. The van der Waals surface area contributed by atoms with E-state index in [1.54, 1.807) is 0 Å². The van der Waals surface area contributed by atoms with Gasteiger partial charge in [-0.2, -0.15) is 0 Å². The van der Waals surface area contributed by atoms with Gasteiger partial charge in [0.05, 0.1) is 0 Å². The maximum Gasteiger partial charge on any atom is 0.222 e. The predicted molar refractivity (Wildman–Crippen MR) is 91.9 cm³/mol. The summed E-state index contributed by atoms with van der Waals surface area (Å²) >= 11 is 0. The Morgan fingerprint density at radius 1 is 0.826 bits per heavy atom. The fourth-order valence-electron chi connectivity index (χ4n) is 3.73. The van der Waals surface area contributed by atoms with Gasteiger partial charge in [-0.25, -0.2) is 0 Å². The molecule has 132 valence electrons. The minimum Gasteiger partial charge on any atom is -0.339 e. The Morgan fingerprint density at radius 2 is 1.43 bits per heavy atom. The summed E-state index contributed by atoms with van der Waals surface area (Å²) in [5.74, 6) is 1.13. The van der Waals surface area contributed by atoms with Crippen molar-refractivity contribution in [3.63, 3.8) is 0 Å². The minimum atomic E-state index is 0.237. The van der Waals surface area contributed by atoms with Crippen LogP contribution in [0.3, 0.4) is 0 Å². The standard InChI is InChI=1S/C18H33N3O2/c19-10-6-2-5-9-17(22)20-11-13-21(14-12-20)18(23)15-16-7-3-1-4-8-16/h16H,1-15,19H2. The van der Waals surface area contributed by atoms with Crippen LogP contribution in [0, 0.1) is 5.92 Å². The van der Waals surface area contributed by atoms with Crippen molar-refractivity contribution in [1.29, 1.82) is 0 Å². The average Bonchev–Trinajstić information content (AvgIpc) is 2.59. The summed E-state index contributed by atoms with van der Waals surface area (Å²) in [5.41, 5.74) is 5.47. The van der Waals surface area contributed by atoms with Crippen LogP contribution < -0.4 is 5.73 Å². The van der Waals surface area contributed by atoms with Crippen molar-refractivity contribution in [2.45, 2.75) is 64.2 Å². The highest BCUT2D eigenvalue weighted by molar-refractivity contribution is 5.78. The first-order valence-corrected chi connectivity index (χ1v) is 9.46. The molecular formula is C18H33N3O2. The molecule has 1 aliphatic heterocycles. The lowest BCUT2D eigenvalue weighted by molar-refractivity contribution is -0.140. The van der Waals surface area contributed by atoms with Gasteiger partial charge < -0.3 is 15.5 Å². The Labute approximate surface area is 140 Å². The van der Waals surface area contributed by atoms with Gasteiger partial charge in [-0.05, 0) is 38.1 Å². The van der Waals surface area contributed by atoms with Crippen molar-refractivity contribution in [2.24, 2.45) is 11.7 Å². The van der Waals surface area contributed by atoms with Crippen LogP contribution >= 0.6 is 0 Å². The molecule has 2 N–H and O–H groups in total. The van der Waals surface area contributed by atoms with E-state index in [1.165, 1.54) is 32.1 Å². The zero-order chi connectivity index (χ0) is 16.5. The summed E-state index contributed by atoms with van der Waals surface area (Å²) < 4.78 is 0. The Morgan fingerprint density at radius 3 is 2.04 bits per heavy atom. The molecule has 0 spiro atoms. The molecule has 1 saturated carbocycles. The molecule has 1 heterocycles. The molecule has 0 aromatic rings. The van der Waals surface area contributed by atoms with Crippen LogP contribution in [0.1, 0.15) is 64.2 Å². The maximum atomic E-state index is 12.4. The van der Waals surface area contributed by atoms with E-state index in [-0.39, 0.29) is 5.91 Å². The van der Waals surface area contributed by atoms with Crippen molar-refractivity contribution < 1.29 is 9.59 Å². The zero-order valence-electron chi connectivity index (χ0n) is 14.5. The Balaban J connectivity index is 1.64. The molecule has 5 heteroatoms.